The quantitative estimate of drug-likeness (QED) is 0.179. The average molecular weight is 654 g/mol. The topological polar surface area (TPSA) is 29.5 Å². The van der Waals surface area contributed by atoms with E-state index in [0.29, 0.717) is 0 Å². The molecule has 8 aromatic carbocycles. The van der Waals surface area contributed by atoms with E-state index in [0.717, 1.165) is 83.2 Å². The van der Waals surface area contributed by atoms with Crippen LogP contribution >= 0.6 is 0 Å². The number of hydrogen-bond donors (Lipinski definition) is 0. The largest absolute Gasteiger partial charge is 0.455 e. The molecule has 51 heavy (non-hydrogen) atoms. The second-order valence-electron chi connectivity index (χ2n) is 12.9. The first-order valence-electron chi connectivity index (χ1n) is 17.3. The Morgan fingerprint density at radius 3 is 1.47 bits per heavy atom. The summed E-state index contributed by atoms with van der Waals surface area (Å²) in [7, 11) is 0. The molecule has 0 amide bonds. The van der Waals surface area contributed by atoms with Gasteiger partial charge in [0.1, 0.15) is 22.3 Å². The Bertz CT molecular complexity index is 2790. The van der Waals surface area contributed by atoms with Gasteiger partial charge in [-0.15, -0.1) is 0 Å². The zero-order valence-electron chi connectivity index (χ0n) is 27.7. The van der Waals surface area contributed by atoms with Gasteiger partial charge >= 0.3 is 0 Å². The molecular formula is C48H31NO2. The molecule has 3 nitrogen and oxygen atoms in total. The van der Waals surface area contributed by atoms with Gasteiger partial charge in [0, 0.05) is 38.8 Å². The molecule has 0 unspecified atom stereocenters. The van der Waals surface area contributed by atoms with Crippen LogP contribution in [0.25, 0.3) is 77.3 Å². The third-order valence-corrected chi connectivity index (χ3v) is 9.87. The number of nitrogens with zero attached hydrogens (tertiary/aromatic N) is 1. The molecule has 0 bridgehead atoms. The van der Waals surface area contributed by atoms with Crippen LogP contribution in [0.15, 0.2) is 197 Å². The molecule has 0 aliphatic carbocycles. The van der Waals surface area contributed by atoms with Crippen LogP contribution in [-0.2, 0) is 0 Å². The van der Waals surface area contributed by atoms with E-state index in [2.05, 4.69) is 169 Å². The maximum atomic E-state index is 6.56. The number of furan rings is 2. The lowest BCUT2D eigenvalue weighted by atomic mass is 9.95. The molecule has 0 fully saturated rings. The number of hydrogen-bond acceptors (Lipinski definition) is 3. The van der Waals surface area contributed by atoms with Crippen molar-refractivity contribution in [1.82, 2.24) is 0 Å². The highest BCUT2D eigenvalue weighted by Crippen LogP contribution is 2.44. The smallest absolute Gasteiger partial charge is 0.147 e. The van der Waals surface area contributed by atoms with E-state index in [4.69, 9.17) is 8.83 Å². The molecule has 0 atom stereocenters. The molecule has 0 N–H and O–H groups in total. The van der Waals surface area contributed by atoms with E-state index in [1.807, 2.05) is 24.3 Å². The Balaban J connectivity index is 1.01. The molecule has 0 saturated heterocycles. The second-order valence-corrected chi connectivity index (χ2v) is 12.9. The first-order valence-corrected chi connectivity index (χ1v) is 17.3. The summed E-state index contributed by atoms with van der Waals surface area (Å²) in [6.45, 7) is 0. The third kappa shape index (κ3) is 4.98. The van der Waals surface area contributed by atoms with Crippen LogP contribution in [0.4, 0.5) is 17.1 Å². The summed E-state index contributed by atoms with van der Waals surface area (Å²) in [4.78, 5) is 2.28. The van der Waals surface area contributed by atoms with Crippen molar-refractivity contribution in [2.24, 2.45) is 0 Å². The van der Waals surface area contributed by atoms with Crippen molar-refractivity contribution in [3.63, 3.8) is 0 Å². The normalized spacial score (nSPS) is 11.5. The van der Waals surface area contributed by atoms with Crippen LogP contribution in [0, 0.1) is 0 Å². The molecule has 0 saturated carbocycles. The molecule has 2 aromatic heterocycles. The molecule has 10 aromatic rings. The summed E-state index contributed by atoms with van der Waals surface area (Å²) < 4.78 is 13.0. The van der Waals surface area contributed by atoms with E-state index in [1.165, 1.54) is 11.1 Å². The van der Waals surface area contributed by atoms with Gasteiger partial charge in [-0.1, -0.05) is 127 Å². The van der Waals surface area contributed by atoms with Crippen LogP contribution in [0.2, 0.25) is 0 Å². The van der Waals surface area contributed by atoms with E-state index >= 15 is 0 Å². The first kappa shape index (κ1) is 29.1. The molecule has 3 heteroatoms. The van der Waals surface area contributed by atoms with Gasteiger partial charge in [-0.2, -0.15) is 0 Å². The average Bonchev–Trinajstić information content (AvgIpc) is 3.78. The number of anilines is 3. The van der Waals surface area contributed by atoms with Crippen molar-refractivity contribution < 1.29 is 8.83 Å². The van der Waals surface area contributed by atoms with Crippen LogP contribution in [0.3, 0.4) is 0 Å². The number of para-hydroxylation sites is 4. The van der Waals surface area contributed by atoms with E-state index in [-0.39, 0.29) is 0 Å². The summed E-state index contributed by atoms with van der Waals surface area (Å²) >= 11 is 0. The highest BCUT2D eigenvalue weighted by molar-refractivity contribution is 6.25. The van der Waals surface area contributed by atoms with Crippen molar-refractivity contribution in [3.8, 4) is 33.4 Å². The predicted molar refractivity (Wildman–Crippen MR) is 212 cm³/mol. The molecule has 240 valence electrons. The Hall–Kier alpha value is -6.84. The molecule has 0 aliphatic heterocycles. The maximum absolute atomic E-state index is 6.56. The third-order valence-electron chi connectivity index (χ3n) is 9.87. The lowest BCUT2D eigenvalue weighted by molar-refractivity contribution is 0.663. The van der Waals surface area contributed by atoms with Gasteiger partial charge in [0.25, 0.3) is 0 Å². The molecule has 0 spiro atoms. The second kappa shape index (κ2) is 11.9. The van der Waals surface area contributed by atoms with Crippen molar-refractivity contribution in [2.75, 3.05) is 4.90 Å². The van der Waals surface area contributed by atoms with Crippen LogP contribution in [0.1, 0.15) is 0 Å². The number of fused-ring (bicyclic) bond motifs is 7. The zero-order chi connectivity index (χ0) is 33.7. The number of benzene rings is 8. The Labute approximate surface area is 295 Å². The zero-order valence-corrected chi connectivity index (χ0v) is 27.7. The van der Waals surface area contributed by atoms with Crippen molar-refractivity contribution >= 4 is 60.9 Å². The fraction of sp³-hybridized carbons (Fsp3) is 0. The Morgan fingerprint density at radius 1 is 0.314 bits per heavy atom. The summed E-state index contributed by atoms with van der Waals surface area (Å²) in [6.07, 6.45) is 0. The van der Waals surface area contributed by atoms with Crippen LogP contribution in [0.5, 0.6) is 0 Å². The minimum absolute atomic E-state index is 0.844. The summed E-state index contributed by atoms with van der Waals surface area (Å²) in [5.74, 6) is 0. The Morgan fingerprint density at radius 2 is 0.804 bits per heavy atom. The highest BCUT2D eigenvalue weighted by Gasteiger charge is 2.21. The van der Waals surface area contributed by atoms with Gasteiger partial charge < -0.3 is 13.7 Å². The predicted octanol–water partition coefficient (Wildman–Crippen LogP) is 14.0. The summed E-state index contributed by atoms with van der Waals surface area (Å²) in [5.41, 5.74) is 13.6. The maximum Gasteiger partial charge on any atom is 0.147 e. The molecule has 10 rings (SSSR count). The van der Waals surface area contributed by atoms with Gasteiger partial charge in [0.05, 0.1) is 5.39 Å². The van der Waals surface area contributed by atoms with E-state index in [1.54, 1.807) is 0 Å². The monoisotopic (exact) mass is 653 g/mol. The summed E-state index contributed by atoms with van der Waals surface area (Å²) in [5, 5.41) is 4.28. The van der Waals surface area contributed by atoms with E-state index in [9.17, 15) is 0 Å². The van der Waals surface area contributed by atoms with Crippen molar-refractivity contribution in [3.05, 3.63) is 188 Å². The molecule has 0 aliphatic rings. The summed E-state index contributed by atoms with van der Waals surface area (Å²) in [6, 6.07) is 66.1. The van der Waals surface area contributed by atoms with Gasteiger partial charge in [-0.05, 0) is 88.5 Å². The standard InChI is InChI=1S/C48H31NO2/c1-3-14-37(15-4-1)49(38-16-5-2-6-17-38)39-28-26-33(27-29-39)32-22-24-34(25-23-32)35-12-11-13-36(30-35)42-31-43-40-18-7-9-20-44(40)50-48(43)46-41-19-8-10-21-45(41)51-47(42)46/h1-31H. The lowest BCUT2D eigenvalue weighted by Crippen LogP contribution is -2.09. The molecule has 2 heterocycles. The minimum atomic E-state index is 0.844. The first-order chi connectivity index (χ1) is 25.3. The van der Waals surface area contributed by atoms with Crippen molar-refractivity contribution in [1.29, 1.82) is 0 Å². The van der Waals surface area contributed by atoms with Crippen LogP contribution in [-0.4, -0.2) is 0 Å². The Kier molecular flexibility index (Phi) is 6.81. The van der Waals surface area contributed by atoms with E-state index < -0.39 is 0 Å². The number of rotatable bonds is 6. The molecular weight excluding hydrogens is 623 g/mol. The van der Waals surface area contributed by atoms with Gasteiger partial charge in [0.15, 0.2) is 0 Å². The van der Waals surface area contributed by atoms with Gasteiger partial charge in [0.2, 0.25) is 0 Å². The van der Waals surface area contributed by atoms with Gasteiger partial charge in [-0.25, -0.2) is 0 Å². The fourth-order valence-electron chi connectivity index (χ4n) is 7.40. The lowest BCUT2D eigenvalue weighted by Gasteiger charge is -2.25. The SMILES string of the molecule is c1ccc(N(c2ccccc2)c2ccc(-c3ccc(-c4cccc(-c5cc6c7ccccc7oc6c6c5oc5ccccc56)c4)cc3)cc2)cc1. The highest BCUT2D eigenvalue weighted by atomic mass is 16.3. The molecule has 0 radical (unpaired) electrons. The van der Waals surface area contributed by atoms with Crippen LogP contribution < -0.4 is 4.90 Å². The van der Waals surface area contributed by atoms with Gasteiger partial charge in [-0.3, -0.25) is 0 Å². The minimum Gasteiger partial charge on any atom is -0.455 e. The fourth-order valence-corrected chi connectivity index (χ4v) is 7.40. The van der Waals surface area contributed by atoms with Crippen molar-refractivity contribution in [2.45, 2.75) is 0 Å².